The van der Waals surface area contributed by atoms with E-state index in [0.29, 0.717) is 38.6 Å². The Labute approximate surface area is 193 Å². The zero-order valence-electron chi connectivity index (χ0n) is 19.5. The van der Waals surface area contributed by atoms with Gasteiger partial charge in [0.05, 0.1) is 6.04 Å². The van der Waals surface area contributed by atoms with Crippen molar-refractivity contribution < 1.29 is 28.8 Å². The van der Waals surface area contributed by atoms with Gasteiger partial charge in [0, 0.05) is 31.7 Å². The Hall–Kier alpha value is -3.24. The van der Waals surface area contributed by atoms with Crippen molar-refractivity contribution in [3.63, 3.8) is 0 Å². The highest BCUT2D eigenvalue weighted by molar-refractivity contribution is 6.12. The fraction of sp³-hybridized carbons (Fsp3) is 0.636. The number of amides is 6. The zero-order chi connectivity index (χ0) is 25.0. The van der Waals surface area contributed by atoms with E-state index in [2.05, 4.69) is 16.0 Å². The Morgan fingerprint density at radius 3 is 2.15 bits per heavy atom. The van der Waals surface area contributed by atoms with Crippen LogP contribution in [0, 0.1) is 5.92 Å². The van der Waals surface area contributed by atoms with Crippen LogP contribution in [-0.2, 0) is 24.0 Å². The molecule has 184 valence electrons. The van der Waals surface area contributed by atoms with Gasteiger partial charge in [-0.15, -0.1) is 0 Å². The van der Waals surface area contributed by atoms with E-state index in [1.54, 1.807) is 13.8 Å². The number of primary amides is 1. The Bertz CT molecular complexity index is 761. The summed E-state index contributed by atoms with van der Waals surface area (Å²) in [7, 11) is 0. The molecule has 1 unspecified atom stereocenters. The van der Waals surface area contributed by atoms with Crippen molar-refractivity contribution in [1.82, 2.24) is 20.9 Å². The summed E-state index contributed by atoms with van der Waals surface area (Å²) in [6.07, 6.45) is 5.24. The topological polar surface area (TPSA) is 168 Å². The van der Waals surface area contributed by atoms with Crippen molar-refractivity contribution in [3.8, 4) is 0 Å². The van der Waals surface area contributed by atoms with E-state index in [-0.39, 0.29) is 42.4 Å². The van der Waals surface area contributed by atoms with Crippen molar-refractivity contribution in [1.29, 1.82) is 0 Å². The number of imide groups is 1. The van der Waals surface area contributed by atoms with Crippen LogP contribution in [-0.4, -0.2) is 65.5 Å². The molecule has 0 aromatic carbocycles. The highest BCUT2D eigenvalue weighted by atomic mass is 16.2. The minimum atomic E-state index is -0.797. The summed E-state index contributed by atoms with van der Waals surface area (Å²) in [5.41, 5.74) is 5.00. The van der Waals surface area contributed by atoms with Gasteiger partial charge < -0.3 is 21.7 Å². The summed E-state index contributed by atoms with van der Waals surface area (Å²) in [6, 6.07) is -2.18. The van der Waals surface area contributed by atoms with Crippen molar-refractivity contribution in [2.75, 3.05) is 13.1 Å². The maximum atomic E-state index is 12.7. The quantitative estimate of drug-likeness (QED) is 0.198. The van der Waals surface area contributed by atoms with Gasteiger partial charge in [-0.3, -0.25) is 28.9 Å². The molecule has 2 atom stereocenters. The Balaban J connectivity index is 2.43. The van der Waals surface area contributed by atoms with Crippen LogP contribution in [0.4, 0.5) is 4.79 Å². The smallest absolute Gasteiger partial charge is 0.312 e. The first-order valence-electron chi connectivity index (χ1n) is 11.2. The van der Waals surface area contributed by atoms with Crippen LogP contribution in [0.15, 0.2) is 12.2 Å². The number of carbonyl (C=O) groups excluding carboxylic acids is 6. The molecule has 6 amide bonds. The Morgan fingerprint density at radius 1 is 0.970 bits per heavy atom. The van der Waals surface area contributed by atoms with Crippen molar-refractivity contribution >= 4 is 35.4 Å². The van der Waals surface area contributed by atoms with Crippen molar-refractivity contribution in [2.45, 2.75) is 71.4 Å². The largest absolute Gasteiger partial charge is 0.352 e. The summed E-state index contributed by atoms with van der Waals surface area (Å²) < 4.78 is 0. The maximum absolute atomic E-state index is 12.7. The minimum absolute atomic E-state index is 0.197. The number of unbranched alkanes of at least 4 members (excludes halogenated alkanes) is 2. The number of hydrogen-bond acceptors (Lipinski definition) is 6. The van der Waals surface area contributed by atoms with Gasteiger partial charge in [-0.05, 0) is 38.5 Å². The summed E-state index contributed by atoms with van der Waals surface area (Å²) in [5.74, 6) is -1.80. The highest BCUT2D eigenvalue weighted by Crippen LogP contribution is 2.09. The molecule has 11 heteroatoms. The zero-order valence-corrected chi connectivity index (χ0v) is 19.5. The van der Waals surface area contributed by atoms with Gasteiger partial charge in [0.1, 0.15) is 6.04 Å². The molecule has 1 heterocycles. The predicted molar refractivity (Wildman–Crippen MR) is 121 cm³/mol. The molecule has 0 spiro atoms. The average Bonchev–Trinajstić information content (AvgIpc) is 3.05. The monoisotopic (exact) mass is 465 g/mol. The molecule has 0 aromatic heterocycles. The standard InChI is InChI=1S/C22H35N5O6/c1-14(2)20(21(32)25-16(15(3)28)8-7-12-24-22(23)33)26-17(29)9-5-4-6-13-27-18(30)10-11-19(27)31/h10-11,14,16,20H,4-9,12-13H2,1-3H3,(H,25,32)(H,26,29)(H3,23,24,33)/t16-,20?/m0/s1. The molecule has 1 aliphatic rings. The van der Waals surface area contributed by atoms with E-state index in [1.165, 1.54) is 19.1 Å². The van der Waals surface area contributed by atoms with Crippen molar-refractivity contribution in [2.24, 2.45) is 11.7 Å². The minimum Gasteiger partial charge on any atom is -0.352 e. The number of nitrogens with zero attached hydrogens (tertiary/aromatic N) is 1. The first-order valence-corrected chi connectivity index (χ1v) is 11.2. The molecule has 33 heavy (non-hydrogen) atoms. The first-order chi connectivity index (χ1) is 15.5. The van der Waals surface area contributed by atoms with Crippen LogP contribution < -0.4 is 21.7 Å². The molecule has 0 saturated heterocycles. The van der Waals surface area contributed by atoms with Gasteiger partial charge in [-0.2, -0.15) is 0 Å². The number of rotatable bonds is 15. The number of nitrogens with one attached hydrogen (secondary N) is 3. The van der Waals surface area contributed by atoms with E-state index >= 15 is 0 Å². The molecule has 0 bridgehead atoms. The predicted octanol–water partition coefficient (Wildman–Crippen LogP) is 0.135. The van der Waals surface area contributed by atoms with E-state index < -0.39 is 24.0 Å². The normalized spacial score (nSPS) is 14.8. The van der Waals surface area contributed by atoms with E-state index in [9.17, 15) is 28.8 Å². The number of nitrogens with two attached hydrogens (primary N) is 1. The summed E-state index contributed by atoms with van der Waals surface area (Å²) in [6.45, 7) is 5.56. The molecule has 0 fully saturated rings. The molecular weight excluding hydrogens is 430 g/mol. The average molecular weight is 466 g/mol. The van der Waals surface area contributed by atoms with Gasteiger partial charge in [-0.1, -0.05) is 20.3 Å². The van der Waals surface area contributed by atoms with Crippen LogP contribution in [0.1, 0.15) is 59.3 Å². The highest BCUT2D eigenvalue weighted by Gasteiger charge is 2.27. The fourth-order valence-corrected chi connectivity index (χ4v) is 3.32. The van der Waals surface area contributed by atoms with Gasteiger partial charge >= 0.3 is 6.03 Å². The lowest BCUT2D eigenvalue weighted by molar-refractivity contribution is -0.137. The first kappa shape index (κ1) is 27.8. The maximum Gasteiger partial charge on any atom is 0.312 e. The van der Waals surface area contributed by atoms with E-state index in [1.807, 2.05) is 0 Å². The molecular formula is C22H35N5O6. The Morgan fingerprint density at radius 2 is 1.61 bits per heavy atom. The number of ketones is 1. The third-order valence-electron chi connectivity index (χ3n) is 5.23. The SMILES string of the molecule is CC(=O)[C@H](CCCNC(N)=O)NC(=O)C(NC(=O)CCCCCN1C(=O)C=CC1=O)C(C)C. The third-order valence-corrected chi connectivity index (χ3v) is 5.23. The van der Waals surface area contributed by atoms with Gasteiger partial charge in [-0.25, -0.2) is 4.79 Å². The molecule has 5 N–H and O–H groups in total. The van der Waals surface area contributed by atoms with Crippen LogP contribution in [0.5, 0.6) is 0 Å². The molecule has 0 aliphatic carbocycles. The molecule has 0 saturated carbocycles. The number of hydrogen-bond donors (Lipinski definition) is 4. The summed E-state index contributed by atoms with van der Waals surface area (Å²) >= 11 is 0. The van der Waals surface area contributed by atoms with Gasteiger partial charge in [0.2, 0.25) is 11.8 Å². The third kappa shape index (κ3) is 10.3. The summed E-state index contributed by atoms with van der Waals surface area (Å²) in [5, 5.41) is 7.84. The van der Waals surface area contributed by atoms with Crippen LogP contribution in [0.25, 0.3) is 0 Å². The van der Waals surface area contributed by atoms with Crippen LogP contribution >= 0.6 is 0 Å². The Kier molecular flexibility index (Phi) is 11.8. The van der Waals surface area contributed by atoms with Crippen molar-refractivity contribution in [3.05, 3.63) is 12.2 Å². The lowest BCUT2D eigenvalue weighted by Crippen LogP contribution is -2.53. The fourth-order valence-electron chi connectivity index (χ4n) is 3.32. The summed E-state index contributed by atoms with van der Waals surface area (Å²) in [4.78, 5) is 71.8. The van der Waals surface area contributed by atoms with Crippen LogP contribution in [0.3, 0.4) is 0 Å². The molecule has 1 aliphatic heterocycles. The lowest BCUT2D eigenvalue weighted by Gasteiger charge is -2.24. The second kappa shape index (κ2) is 14.0. The molecule has 0 aromatic rings. The van der Waals surface area contributed by atoms with E-state index in [4.69, 9.17) is 5.73 Å². The van der Waals surface area contributed by atoms with Gasteiger partial charge in [0.15, 0.2) is 5.78 Å². The van der Waals surface area contributed by atoms with Crippen LogP contribution in [0.2, 0.25) is 0 Å². The number of carbonyl (C=O) groups is 6. The second-order valence-electron chi connectivity index (χ2n) is 8.37. The molecule has 1 rings (SSSR count). The van der Waals surface area contributed by atoms with Gasteiger partial charge in [0.25, 0.3) is 11.8 Å². The number of urea groups is 1. The lowest BCUT2D eigenvalue weighted by atomic mass is 10.0. The molecule has 0 radical (unpaired) electrons. The molecule has 11 nitrogen and oxygen atoms in total. The van der Waals surface area contributed by atoms with E-state index in [0.717, 1.165) is 4.90 Å². The number of Topliss-reactive ketones (excluding diaryl/α,β-unsaturated/α-hetero) is 1. The second-order valence-corrected chi connectivity index (χ2v) is 8.37.